The fraction of sp³-hybridized carbons (Fsp3) is 0.120. The molecule has 0 bridgehead atoms. The van der Waals surface area contributed by atoms with Gasteiger partial charge in [-0.05, 0) is 72.2 Å². The number of benzene rings is 3. The number of nitrogens with one attached hydrogen (secondary N) is 1. The molecule has 0 fully saturated rings. The fourth-order valence-corrected chi connectivity index (χ4v) is 3.40. The number of nitriles is 1. The molecule has 5 nitrogen and oxygen atoms in total. The summed E-state index contributed by atoms with van der Waals surface area (Å²) in [4.78, 5) is 12.6. The summed E-state index contributed by atoms with van der Waals surface area (Å²) < 4.78 is 12.3. The maximum Gasteiger partial charge on any atom is 0.266 e. The van der Waals surface area contributed by atoms with E-state index in [0.29, 0.717) is 34.4 Å². The highest BCUT2D eigenvalue weighted by Gasteiger charge is 2.12. The zero-order valence-corrected chi connectivity index (χ0v) is 19.8. The van der Waals surface area contributed by atoms with Crippen molar-refractivity contribution >= 4 is 45.2 Å². The van der Waals surface area contributed by atoms with Crippen molar-refractivity contribution in [1.82, 2.24) is 0 Å². The van der Waals surface area contributed by atoms with Gasteiger partial charge in [-0.1, -0.05) is 45.7 Å². The number of aryl methyl sites for hydroxylation is 1. The molecule has 162 valence electrons. The van der Waals surface area contributed by atoms with Crippen LogP contribution in [-0.2, 0) is 11.4 Å². The van der Waals surface area contributed by atoms with Gasteiger partial charge in [-0.15, -0.1) is 0 Å². The predicted octanol–water partition coefficient (Wildman–Crippen LogP) is 6.54. The van der Waals surface area contributed by atoms with Crippen molar-refractivity contribution in [2.24, 2.45) is 0 Å². The van der Waals surface area contributed by atoms with Gasteiger partial charge < -0.3 is 14.8 Å². The second kappa shape index (κ2) is 10.9. The van der Waals surface area contributed by atoms with Crippen molar-refractivity contribution in [3.63, 3.8) is 0 Å². The van der Waals surface area contributed by atoms with E-state index < -0.39 is 5.91 Å². The second-order valence-electron chi connectivity index (χ2n) is 6.91. The molecule has 0 unspecified atom stereocenters. The summed E-state index contributed by atoms with van der Waals surface area (Å²) >= 11 is 9.36. The Morgan fingerprint density at radius 2 is 1.88 bits per heavy atom. The van der Waals surface area contributed by atoms with E-state index in [0.717, 1.165) is 15.6 Å². The van der Waals surface area contributed by atoms with E-state index in [1.165, 1.54) is 13.2 Å². The van der Waals surface area contributed by atoms with Gasteiger partial charge in [0, 0.05) is 15.2 Å². The quantitative estimate of drug-likeness (QED) is 0.289. The molecule has 0 aliphatic rings. The Morgan fingerprint density at radius 3 is 2.53 bits per heavy atom. The van der Waals surface area contributed by atoms with Gasteiger partial charge >= 0.3 is 0 Å². The highest BCUT2D eigenvalue weighted by molar-refractivity contribution is 9.10. The van der Waals surface area contributed by atoms with Gasteiger partial charge in [0.15, 0.2) is 11.5 Å². The molecule has 0 radical (unpaired) electrons. The van der Waals surface area contributed by atoms with Crippen LogP contribution < -0.4 is 14.8 Å². The van der Waals surface area contributed by atoms with Gasteiger partial charge in [-0.2, -0.15) is 5.26 Å². The van der Waals surface area contributed by atoms with Crippen molar-refractivity contribution < 1.29 is 14.3 Å². The molecule has 3 aromatic rings. The standard InChI is InChI=1S/C25H20BrClN2O3/c1-16-11-21(27)8-9-22(16)29-25(30)19(14-28)12-18-5-10-23(24(13-18)31-2)32-15-17-3-6-20(26)7-4-17/h3-13H,15H2,1-2H3,(H,29,30)/b19-12+. The minimum Gasteiger partial charge on any atom is -0.493 e. The van der Waals surface area contributed by atoms with Crippen molar-refractivity contribution in [3.8, 4) is 17.6 Å². The van der Waals surface area contributed by atoms with Gasteiger partial charge in [0.1, 0.15) is 18.2 Å². The first-order valence-corrected chi connectivity index (χ1v) is 10.8. The van der Waals surface area contributed by atoms with Crippen molar-refractivity contribution in [1.29, 1.82) is 5.26 Å². The van der Waals surface area contributed by atoms with Gasteiger partial charge in [-0.3, -0.25) is 4.79 Å². The van der Waals surface area contributed by atoms with Crippen LogP contribution in [0.5, 0.6) is 11.5 Å². The van der Waals surface area contributed by atoms with Gasteiger partial charge in [-0.25, -0.2) is 0 Å². The molecule has 0 atom stereocenters. The van der Waals surface area contributed by atoms with E-state index in [1.54, 1.807) is 36.4 Å². The number of halogens is 2. The molecule has 0 aromatic heterocycles. The fourth-order valence-electron chi connectivity index (χ4n) is 2.91. The number of rotatable bonds is 7. The van der Waals surface area contributed by atoms with Crippen LogP contribution in [0.1, 0.15) is 16.7 Å². The zero-order chi connectivity index (χ0) is 23.1. The summed E-state index contributed by atoms with van der Waals surface area (Å²) in [7, 11) is 1.54. The van der Waals surface area contributed by atoms with Crippen LogP contribution in [0, 0.1) is 18.3 Å². The monoisotopic (exact) mass is 510 g/mol. The molecule has 32 heavy (non-hydrogen) atoms. The molecule has 0 heterocycles. The van der Waals surface area contributed by atoms with E-state index in [4.69, 9.17) is 21.1 Å². The first-order chi connectivity index (χ1) is 15.4. The summed E-state index contributed by atoms with van der Waals surface area (Å²) in [5, 5.41) is 12.8. The number of hydrogen-bond donors (Lipinski definition) is 1. The number of anilines is 1. The minimum absolute atomic E-state index is 0.0371. The average Bonchev–Trinajstić information content (AvgIpc) is 2.79. The Balaban J connectivity index is 1.76. The predicted molar refractivity (Wildman–Crippen MR) is 130 cm³/mol. The highest BCUT2D eigenvalue weighted by Crippen LogP contribution is 2.30. The second-order valence-corrected chi connectivity index (χ2v) is 8.26. The van der Waals surface area contributed by atoms with E-state index in [1.807, 2.05) is 37.3 Å². The molecular formula is C25H20BrClN2O3. The minimum atomic E-state index is -0.507. The third-order valence-electron chi connectivity index (χ3n) is 4.61. The largest absolute Gasteiger partial charge is 0.493 e. The lowest BCUT2D eigenvalue weighted by atomic mass is 10.1. The number of carbonyl (C=O) groups is 1. The molecule has 0 saturated carbocycles. The summed E-state index contributed by atoms with van der Waals surface area (Å²) in [5.41, 5.74) is 3.01. The summed E-state index contributed by atoms with van der Waals surface area (Å²) in [6, 6.07) is 20.1. The van der Waals surface area contributed by atoms with Crippen LogP contribution >= 0.6 is 27.5 Å². The van der Waals surface area contributed by atoms with Crippen LogP contribution in [0.2, 0.25) is 5.02 Å². The number of amides is 1. The lowest BCUT2D eigenvalue weighted by Crippen LogP contribution is -2.14. The van der Waals surface area contributed by atoms with Crippen molar-refractivity contribution in [2.75, 3.05) is 12.4 Å². The third-order valence-corrected chi connectivity index (χ3v) is 5.37. The van der Waals surface area contributed by atoms with Gasteiger partial charge in [0.25, 0.3) is 5.91 Å². The molecule has 0 aliphatic heterocycles. The molecular weight excluding hydrogens is 492 g/mol. The van der Waals surface area contributed by atoms with Crippen LogP contribution in [0.25, 0.3) is 6.08 Å². The number of methoxy groups -OCH3 is 1. The smallest absolute Gasteiger partial charge is 0.266 e. The Bertz CT molecular complexity index is 1200. The highest BCUT2D eigenvalue weighted by atomic mass is 79.9. The zero-order valence-electron chi connectivity index (χ0n) is 17.5. The summed E-state index contributed by atoms with van der Waals surface area (Å²) in [6.07, 6.45) is 1.50. The number of carbonyl (C=O) groups excluding carboxylic acids is 1. The SMILES string of the molecule is COc1cc(/C=C(\C#N)C(=O)Nc2ccc(Cl)cc2C)ccc1OCc1ccc(Br)cc1. The maximum atomic E-state index is 12.6. The summed E-state index contributed by atoms with van der Waals surface area (Å²) in [6.45, 7) is 2.21. The Kier molecular flexibility index (Phi) is 7.93. The van der Waals surface area contributed by atoms with Crippen molar-refractivity contribution in [3.05, 3.63) is 92.4 Å². The molecule has 3 aromatic carbocycles. The van der Waals surface area contributed by atoms with Crippen LogP contribution in [0.4, 0.5) is 5.69 Å². The lowest BCUT2D eigenvalue weighted by molar-refractivity contribution is -0.112. The van der Waals surface area contributed by atoms with Gasteiger partial charge in [0.05, 0.1) is 7.11 Å². The number of hydrogen-bond acceptors (Lipinski definition) is 4. The molecule has 0 saturated heterocycles. The first kappa shape index (κ1) is 23.4. The third kappa shape index (κ3) is 6.13. The molecule has 1 amide bonds. The maximum absolute atomic E-state index is 12.6. The molecule has 7 heteroatoms. The topological polar surface area (TPSA) is 71.3 Å². The molecule has 1 N–H and O–H groups in total. The molecule has 0 aliphatic carbocycles. The number of ether oxygens (including phenoxy) is 2. The van der Waals surface area contributed by atoms with E-state index in [2.05, 4.69) is 21.2 Å². The Morgan fingerprint density at radius 1 is 1.12 bits per heavy atom. The van der Waals surface area contributed by atoms with E-state index in [9.17, 15) is 10.1 Å². The number of nitrogens with zero attached hydrogens (tertiary/aromatic N) is 1. The van der Waals surface area contributed by atoms with Crippen LogP contribution in [0.15, 0.2) is 70.7 Å². The van der Waals surface area contributed by atoms with Crippen LogP contribution in [0.3, 0.4) is 0 Å². The van der Waals surface area contributed by atoms with E-state index >= 15 is 0 Å². The van der Waals surface area contributed by atoms with Gasteiger partial charge in [0.2, 0.25) is 0 Å². The Labute approximate surface area is 200 Å². The average molecular weight is 512 g/mol. The Hall–Kier alpha value is -3.27. The van der Waals surface area contributed by atoms with Crippen LogP contribution in [-0.4, -0.2) is 13.0 Å². The van der Waals surface area contributed by atoms with E-state index in [-0.39, 0.29) is 5.57 Å². The lowest BCUT2D eigenvalue weighted by Gasteiger charge is -2.12. The molecule has 0 spiro atoms. The first-order valence-electron chi connectivity index (χ1n) is 9.64. The van der Waals surface area contributed by atoms with Crippen molar-refractivity contribution in [2.45, 2.75) is 13.5 Å². The molecule has 3 rings (SSSR count). The summed E-state index contributed by atoms with van der Waals surface area (Å²) in [5.74, 6) is 0.557. The normalized spacial score (nSPS) is 10.9.